The van der Waals surface area contributed by atoms with Crippen molar-refractivity contribution in [1.82, 2.24) is 0 Å². The van der Waals surface area contributed by atoms with Crippen molar-refractivity contribution >= 4 is 20.7 Å². The van der Waals surface area contributed by atoms with Gasteiger partial charge in [-0.15, -0.1) is 0 Å². The fourth-order valence-corrected chi connectivity index (χ4v) is 1.65. The molecule has 1 aromatic carbocycles. The van der Waals surface area contributed by atoms with Gasteiger partial charge in [0.1, 0.15) is 0 Å². The Bertz CT molecular complexity index is 243. The van der Waals surface area contributed by atoms with Gasteiger partial charge in [-0.25, -0.2) is 0 Å². The van der Waals surface area contributed by atoms with Gasteiger partial charge < -0.3 is 0 Å². The minimum absolute atomic E-state index is 0.201. The molecule has 0 fully saturated rings. The summed E-state index contributed by atoms with van der Waals surface area (Å²) in [5.74, 6) is 0. The predicted octanol–water partition coefficient (Wildman–Crippen LogP) is 2.75. The van der Waals surface area contributed by atoms with E-state index in [2.05, 4.69) is 27.1 Å². The third-order valence-electron chi connectivity index (χ3n) is 1.13. The Morgan fingerprint density at radius 1 is 1.22 bits per heavy atom. The molecule has 0 saturated carbocycles. The molecule has 1 atom stereocenters. The molecule has 0 aromatic heterocycles. The molecule has 0 amide bonds. The van der Waals surface area contributed by atoms with Crippen LogP contribution in [0.3, 0.4) is 0 Å². The molecule has 0 spiro atoms. The van der Waals surface area contributed by atoms with Crippen LogP contribution in [0, 0.1) is 0 Å². The van der Waals surface area contributed by atoms with E-state index in [1.807, 2.05) is 18.2 Å². The van der Waals surface area contributed by atoms with E-state index in [0.29, 0.717) is 0 Å². The third-order valence-corrected chi connectivity index (χ3v) is 2.87. The van der Waals surface area contributed by atoms with Gasteiger partial charge in [0.15, 0.2) is 0 Å². The van der Waals surface area contributed by atoms with Crippen LogP contribution in [0.5, 0.6) is 0 Å². The first-order valence-corrected chi connectivity index (χ1v) is 5.72. The zero-order valence-corrected chi connectivity index (χ0v) is 7.07. The summed E-state index contributed by atoms with van der Waals surface area (Å²) in [6.45, 7) is 2.13. The molecule has 0 aliphatic heterocycles. The molecule has 0 N–H and O–H groups in total. The molecule has 1 aromatic rings. The number of hydrogen-bond acceptors (Lipinski definition) is 0. The van der Waals surface area contributed by atoms with Gasteiger partial charge in [-0.3, -0.25) is 0 Å². The van der Waals surface area contributed by atoms with E-state index >= 15 is 0 Å². The van der Waals surface area contributed by atoms with E-state index < -0.39 is 0 Å². The summed E-state index contributed by atoms with van der Waals surface area (Å²) in [6, 6.07) is 10.3. The third kappa shape index (κ3) is 1.97. The van der Waals surface area contributed by atoms with Crippen molar-refractivity contribution in [3.8, 4) is 0 Å². The Kier molecular flexibility index (Phi) is 2.51. The van der Waals surface area contributed by atoms with E-state index in [0.717, 1.165) is 0 Å². The van der Waals surface area contributed by atoms with Gasteiger partial charge in [-0.05, 0) is 0 Å². The molecule has 2 heteroatoms. The summed E-state index contributed by atoms with van der Waals surface area (Å²) >= 11 is 0. The monoisotopic (exact) mass is 154 g/mol. The standard InChI is InChI=1S/C7H8P2/c1-9(8)7-5-3-2-4-6-7/h2-6H,1H3. The Morgan fingerprint density at radius 2 is 1.78 bits per heavy atom. The van der Waals surface area contributed by atoms with Crippen molar-refractivity contribution in [1.29, 1.82) is 0 Å². The van der Waals surface area contributed by atoms with Gasteiger partial charge in [-0.2, -0.15) is 0 Å². The number of hydrogen-bond donors (Lipinski definition) is 0. The molecule has 0 bridgehead atoms. The zero-order chi connectivity index (χ0) is 6.69. The van der Waals surface area contributed by atoms with Crippen molar-refractivity contribution < 1.29 is 0 Å². The van der Waals surface area contributed by atoms with Gasteiger partial charge in [0, 0.05) is 0 Å². The summed E-state index contributed by atoms with van der Waals surface area (Å²) < 4.78 is 0. The molecule has 1 rings (SSSR count). The van der Waals surface area contributed by atoms with Crippen LogP contribution < -0.4 is 5.30 Å². The minimum atomic E-state index is -0.201. The van der Waals surface area contributed by atoms with Crippen LogP contribution in [0.25, 0.3) is 0 Å². The van der Waals surface area contributed by atoms with Gasteiger partial charge in [0.25, 0.3) is 0 Å². The molecule has 0 radical (unpaired) electrons. The zero-order valence-electron chi connectivity index (χ0n) is 5.28. The fourth-order valence-electron chi connectivity index (χ4n) is 0.644. The van der Waals surface area contributed by atoms with Gasteiger partial charge in [0.2, 0.25) is 0 Å². The Hall–Kier alpha value is -0.0500. The first-order valence-electron chi connectivity index (χ1n) is 2.78. The van der Waals surface area contributed by atoms with Crippen molar-refractivity contribution in [2.75, 3.05) is 6.66 Å². The topological polar surface area (TPSA) is 0 Å². The Balaban J connectivity index is 3.03. The van der Waals surface area contributed by atoms with E-state index in [9.17, 15) is 0 Å². The Morgan fingerprint density at radius 3 is 2.11 bits per heavy atom. The maximum atomic E-state index is 4.35. The SMILES string of the molecule is CP(#P)c1ccccc1. The quantitative estimate of drug-likeness (QED) is 0.504. The molecule has 46 valence electrons. The van der Waals surface area contributed by atoms with Crippen LogP contribution in [-0.2, 0) is 0 Å². The molecular formula is C7H8P2. The maximum absolute atomic E-state index is 4.35. The van der Waals surface area contributed by atoms with Crippen LogP contribution in [0.1, 0.15) is 0 Å². The van der Waals surface area contributed by atoms with Crippen LogP contribution in [0.15, 0.2) is 30.3 Å². The van der Waals surface area contributed by atoms with Gasteiger partial charge >= 0.3 is 57.7 Å². The molecule has 0 nitrogen and oxygen atoms in total. The van der Waals surface area contributed by atoms with Crippen molar-refractivity contribution in [2.24, 2.45) is 0 Å². The average molecular weight is 154 g/mol. The first-order chi connectivity index (χ1) is 4.30. The molecule has 9 heavy (non-hydrogen) atoms. The fraction of sp³-hybridized carbons (Fsp3) is 0.143. The normalized spacial score (nSPS) is 10.9. The van der Waals surface area contributed by atoms with Crippen molar-refractivity contribution in [3.63, 3.8) is 0 Å². The van der Waals surface area contributed by atoms with Gasteiger partial charge in [0.05, 0.1) is 0 Å². The second kappa shape index (κ2) is 3.20. The summed E-state index contributed by atoms with van der Waals surface area (Å²) in [7, 11) is 4.15. The average Bonchev–Trinajstić information content (AvgIpc) is 1.90. The van der Waals surface area contributed by atoms with Crippen molar-refractivity contribution in [2.45, 2.75) is 0 Å². The number of benzene rings is 1. The van der Waals surface area contributed by atoms with Gasteiger partial charge in [-0.1, -0.05) is 0 Å². The second-order valence-electron chi connectivity index (χ2n) is 1.86. The van der Waals surface area contributed by atoms with Crippen LogP contribution in [-0.4, -0.2) is 6.66 Å². The summed E-state index contributed by atoms with van der Waals surface area (Å²) in [5, 5.41) is 1.34. The van der Waals surface area contributed by atoms with E-state index in [1.54, 1.807) is 0 Å². The summed E-state index contributed by atoms with van der Waals surface area (Å²) in [4.78, 5) is 0. The predicted molar refractivity (Wildman–Crippen MR) is 45.8 cm³/mol. The van der Waals surface area contributed by atoms with Crippen LogP contribution >= 0.6 is 15.4 Å². The molecule has 0 aliphatic rings. The van der Waals surface area contributed by atoms with E-state index in [4.69, 9.17) is 0 Å². The first kappa shape index (κ1) is 7.06. The number of rotatable bonds is 0. The van der Waals surface area contributed by atoms with E-state index in [-0.39, 0.29) is 7.02 Å². The Labute approximate surface area is 58.3 Å². The van der Waals surface area contributed by atoms with Crippen LogP contribution in [0.4, 0.5) is 0 Å². The molecule has 0 aliphatic carbocycles. The molecular weight excluding hydrogens is 146 g/mol. The molecule has 0 saturated heterocycles. The summed E-state index contributed by atoms with van der Waals surface area (Å²) in [6.07, 6.45) is 0. The van der Waals surface area contributed by atoms with E-state index in [1.165, 1.54) is 5.30 Å². The van der Waals surface area contributed by atoms with Crippen LogP contribution in [0.2, 0.25) is 0 Å². The second-order valence-corrected chi connectivity index (χ2v) is 5.22. The van der Waals surface area contributed by atoms with Crippen molar-refractivity contribution in [3.05, 3.63) is 30.3 Å². The molecule has 0 heterocycles. The summed E-state index contributed by atoms with van der Waals surface area (Å²) in [5.41, 5.74) is 0. The molecule has 1 unspecified atom stereocenters.